The fraction of sp³-hybridized carbons (Fsp3) is 0.692. The Balaban J connectivity index is 0. The van der Waals surface area contributed by atoms with Crippen LogP contribution in [0.25, 0.3) is 0 Å². The second-order valence-corrected chi connectivity index (χ2v) is 6.96. The van der Waals surface area contributed by atoms with Crippen molar-refractivity contribution in [2.24, 2.45) is 5.92 Å². The van der Waals surface area contributed by atoms with Crippen molar-refractivity contribution in [3.8, 4) is 0 Å². The Morgan fingerprint density at radius 2 is 1.70 bits per heavy atom. The van der Waals surface area contributed by atoms with E-state index in [1.807, 2.05) is 0 Å². The van der Waals surface area contributed by atoms with Gasteiger partial charge in [-0.3, -0.25) is 4.18 Å². The SMILES string of the molecule is C=CCOS(=O)(=O)C(CC(=O)[O-])(C(=O)[O-])C1CCCCC1.[Na+].[Na+]. The third-order valence-electron chi connectivity index (χ3n) is 3.80. The van der Waals surface area contributed by atoms with Crippen molar-refractivity contribution < 1.29 is 91.5 Å². The summed E-state index contributed by atoms with van der Waals surface area (Å²) in [6.45, 7) is 2.85. The summed E-state index contributed by atoms with van der Waals surface area (Å²) in [5.41, 5.74) is 0. The van der Waals surface area contributed by atoms with E-state index in [0.717, 1.165) is 12.5 Å². The van der Waals surface area contributed by atoms with Crippen molar-refractivity contribution in [3.63, 3.8) is 0 Å². The Kier molecular flexibility index (Phi) is 12.6. The third-order valence-corrected chi connectivity index (χ3v) is 5.79. The summed E-state index contributed by atoms with van der Waals surface area (Å²) in [5, 5.41) is 22.5. The van der Waals surface area contributed by atoms with E-state index in [-0.39, 0.29) is 72.0 Å². The molecule has 0 saturated heterocycles. The number of hydrogen-bond donors (Lipinski definition) is 0. The summed E-state index contributed by atoms with van der Waals surface area (Å²) in [5.74, 6) is -4.60. The predicted molar refractivity (Wildman–Crippen MR) is 69.0 cm³/mol. The molecule has 1 unspecified atom stereocenters. The molecule has 0 amide bonds. The summed E-state index contributed by atoms with van der Waals surface area (Å²) in [7, 11) is -4.69. The molecular weight excluding hydrogens is 346 g/mol. The number of rotatable bonds is 8. The second kappa shape index (κ2) is 11.3. The molecule has 0 bridgehead atoms. The number of carboxylic acid groups (broad SMARTS) is 2. The first-order valence-corrected chi connectivity index (χ1v) is 8.10. The Hall–Kier alpha value is 0.590. The van der Waals surface area contributed by atoms with E-state index in [1.54, 1.807) is 0 Å². The molecule has 1 fully saturated rings. The van der Waals surface area contributed by atoms with Crippen LogP contribution in [-0.4, -0.2) is 31.7 Å². The van der Waals surface area contributed by atoms with Gasteiger partial charge in [-0.2, -0.15) is 8.42 Å². The van der Waals surface area contributed by atoms with Crippen molar-refractivity contribution in [2.75, 3.05) is 6.61 Å². The van der Waals surface area contributed by atoms with Gasteiger partial charge in [-0.05, 0) is 18.8 Å². The zero-order valence-electron chi connectivity index (χ0n) is 13.6. The summed E-state index contributed by atoms with van der Waals surface area (Å²) >= 11 is 0. The van der Waals surface area contributed by atoms with Gasteiger partial charge in [0.15, 0.2) is 0 Å². The molecule has 120 valence electrons. The van der Waals surface area contributed by atoms with E-state index in [9.17, 15) is 28.2 Å². The predicted octanol–water partition coefficient (Wildman–Crippen LogP) is -7.26. The van der Waals surface area contributed by atoms with Crippen molar-refractivity contribution in [3.05, 3.63) is 12.7 Å². The molecule has 7 nitrogen and oxygen atoms in total. The van der Waals surface area contributed by atoms with Gasteiger partial charge in [0.25, 0.3) is 10.1 Å². The van der Waals surface area contributed by atoms with Crippen LogP contribution in [0.5, 0.6) is 0 Å². The summed E-state index contributed by atoms with van der Waals surface area (Å²) in [6.07, 6.45) is 2.64. The zero-order chi connectivity index (χ0) is 16.1. The van der Waals surface area contributed by atoms with E-state index in [0.29, 0.717) is 12.8 Å². The molecule has 1 aliphatic carbocycles. The van der Waals surface area contributed by atoms with Gasteiger partial charge in [0.05, 0.1) is 12.6 Å². The molecule has 1 aliphatic rings. The van der Waals surface area contributed by atoms with Crippen molar-refractivity contribution >= 4 is 22.1 Å². The van der Waals surface area contributed by atoms with Gasteiger partial charge in [-0.25, -0.2) is 0 Å². The molecule has 1 rings (SSSR count). The van der Waals surface area contributed by atoms with Gasteiger partial charge in [-0.1, -0.05) is 25.3 Å². The quantitative estimate of drug-likeness (QED) is 0.238. The molecule has 23 heavy (non-hydrogen) atoms. The van der Waals surface area contributed by atoms with Crippen LogP contribution in [0.1, 0.15) is 38.5 Å². The van der Waals surface area contributed by atoms with Crippen molar-refractivity contribution in [1.29, 1.82) is 0 Å². The fourth-order valence-corrected chi connectivity index (χ4v) is 4.43. The average Bonchev–Trinajstić information content (AvgIpc) is 2.42. The van der Waals surface area contributed by atoms with E-state index in [4.69, 9.17) is 0 Å². The second-order valence-electron chi connectivity index (χ2n) is 5.09. The standard InChI is InChI=1S/C13H20O7S.2Na/c1-2-8-20-21(18,19)13(12(16)17,9-11(14)15)10-6-4-3-5-7-10;;/h2,10H,1,3-9H2,(H,14,15)(H,16,17);;/q;2*+1/p-2. The Labute approximate surface area is 180 Å². The van der Waals surface area contributed by atoms with E-state index >= 15 is 0 Å². The molecule has 0 aromatic carbocycles. The van der Waals surface area contributed by atoms with Crippen molar-refractivity contribution in [2.45, 2.75) is 43.3 Å². The molecule has 1 saturated carbocycles. The minimum Gasteiger partial charge on any atom is -0.550 e. The zero-order valence-corrected chi connectivity index (χ0v) is 18.4. The summed E-state index contributed by atoms with van der Waals surface area (Å²) in [4.78, 5) is 22.5. The smallest absolute Gasteiger partial charge is 0.550 e. The maximum atomic E-state index is 12.3. The topological polar surface area (TPSA) is 124 Å². The molecule has 0 spiro atoms. The van der Waals surface area contributed by atoms with Crippen LogP contribution < -0.4 is 69.3 Å². The van der Waals surface area contributed by atoms with Crippen LogP contribution in [-0.2, 0) is 23.9 Å². The number of carboxylic acids is 2. The van der Waals surface area contributed by atoms with Crippen LogP contribution in [0, 0.1) is 5.92 Å². The molecule has 1 atom stereocenters. The Bertz CT molecular complexity index is 514. The minimum absolute atomic E-state index is 0. The van der Waals surface area contributed by atoms with Crippen LogP contribution in [0.15, 0.2) is 12.7 Å². The van der Waals surface area contributed by atoms with Gasteiger partial charge in [0, 0.05) is 12.4 Å². The third kappa shape index (κ3) is 6.11. The molecule has 0 aliphatic heterocycles. The first-order valence-electron chi connectivity index (χ1n) is 6.69. The maximum absolute atomic E-state index is 12.3. The Morgan fingerprint density at radius 3 is 2.09 bits per heavy atom. The van der Waals surface area contributed by atoms with Gasteiger partial charge in [0.2, 0.25) is 0 Å². The normalized spacial score (nSPS) is 17.9. The summed E-state index contributed by atoms with van der Waals surface area (Å²) in [6, 6.07) is 0. The van der Waals surface area contributed by atoms with Gasteiger partial charge in [0.1, 0.15) is 4.75 Å². The van der Waals surface area contributed by atoms with Crippen LogP contribution in [0.3, 0.4) is 0 Å². The van der Waals surface area contributed by atoms with Crippen molar-refractivity contribution in [1.82, 2.24) is 0 Å². The molecule has 10 heteroatoms. The monoisotopic (exact) mass is 364 g/mol. The number of carbonyl (C=O) groups is 2. The minimum atomic E-state index is -4.69. The van der Waals surface area contributed by atoms with Crippen LogP contribution in [0.4, 0.5) is 0 Å². The van der Waals surface area contributed by atoms with Gasteiger partial charge >= 0.3 is 59.1 Å². The molecule has 0 radical (unpaired) electrons. The van der Waals surface area contributed by atoms with E-state index in [1.165, 1.54) is 0 Å². The van der Waals surface area contributed by atoms with Gasteiger partial charge < -0.3 is 19.8 Å². The average molecular weight is 364 g/mol. The molecule has 0 aromatic heterocycles. The number of carbonyl (C=O) groups excluding carboxylic acids is 2. The van der Waals surface area contributed by atoms with Crippen LogP contribution >= 0.6 is 0 Å². The number of hydrogen-bond acceptors (Lipinski definition) is 7. The largest absolute Gasteiger partial charge is 1.00 e. The molecule has 0 N–H and O–H groups in total. The van der Waals surface area contributed by atoms with Gasteiger partial charge in [-0.15, -0.1) is 6.58 Å². The molecular formula is C13H18Na2O7S. The van der Waals surface area contributed by atoms with Crippen LogP contribution in [0.2, 0.25) is 0 Å². The maximum Gasteiger partial charge on any atom is 1.00 e. The molecule has 0 heterocycles. The first-order chi connectivity index (χ1) is 9.78. The first kappa shape index (κ1) is 25.8. The summed E-state index contributed by atoms with van der Waals surface area (Å²) < 4.78 is 26.6. The fourth-order valence-electron chi connectivity index (χ4n) is 2.80. The molecule has 0 aromatic rings. The van der Waals surface area contributed by atoms with E-state index < -0.39 is 45.7 Å². The Morgan fingerprint density at radius 1 is 1.17 bits per heavy atom. The number of aliphatic carboxylic acids is 2. The van der Waals surface area contributed by atoms with E-state index in [2.05, 4.69) is 10.8 Å².